The van der Waals surface area contributed by atoms with Gasteiger partial charge in [0.2, 0.25) is 0 Å². The van der Waals surface area contributed by atoms with Gasteiger partial charge in [0.15, 0.2) is 0 Å². The van der Waals surface area contributed by atoms with Gasteiger partial charge in [0, 0.05) is 32.5 Å². The highest BCUT2D eigenvalue weighted by Gasteiger charge is 2.40. The second-order valence-corrected chi connectivity index (χ2v) is 17.3. The molecule has 0 radical (unpaired) electrons. The van der Waals surface area contributed by atoms with E-state index in [1.165, 1.54) is 44.2 Å². The molecule has 2 aromatic heterocycles. The summed E-state index contributed by atoms with van der Waals surface area (Å²) in [6.07, 6.45) is 9.16. The van der Waals surface area contributed by atoms with Crippen molar-refractivity contribution in [1.82, 2.24) is 9.38 Å². The van der Waals surface area contributed by atoms with Gasteiger partial charge in [0.25, 0.3) is 0 Å². The maximum atomic E-state index is 15.3. The van der Waals surface area contributed by atoms with E-state index in [1.54, 1.807) is 0 Å². The molecule has 240 valence electrons. The van der Waals surface area contributed by atoms with Gasteiger partial charge in [-0.3, -0.25) is 4.40 Å². The third-order valence-electron chi connectivity index (χ3n) is 11.2. The summed E-state index contributed by atoms with van der Waals surface area (Å²) in [7, 11) is -2.96. The number of hydrogen-bond acceptors (Lipinski definition) is 2. The molecular weight excluding hydrogens is 627 g/mol. The van der Waals surface area contributed by atoms with Crippen LogP contribution in [0.5, 0.6) is 0 Å². The molecule has 6 aromatic carbocycles. The molecule has 0 saturated carbocycles. The minimum Gasteiger partial charge on any atom is -0.313 e. The number of fused-ring (bicyclic) bond motifs is 11. The van der Waals surface area contributed by atoms with E-state index in [0.717, 1.165) is 44.6 Å². The zero-order valence-electron chi connectivity index (χ0n) is 28.0. The zero-order valence-corrected chi connectivity index (χ0v) is 28.9. The van der Waals surface area contributed by atoms with Gasteiger partial charge in [-0.1, -0.05) is 129 Å². The van der Waals surface area contributed by atoms with E-state index in [-0.39, 0.29) is 11.1 Å². The van der Waals surface area contributed by atoms with Crippen molar-refractivity contribution in [3.05, 3.63) is 169 Å². The Morgan fingerprint density at radius 2 is 1.34 bits per heavy atom. The highest BCUT2D eigenvalue weighted by atomic mass is 31.2. The molecule has 0 bridgehead atoms. The van der Waals surface area contributed by atoms with Crippen LogP contribution in [-0.4, -0.2) is 15.0 Å². The average Bonchev–Trinajstić information content (AvgIpc) is 3.67. The molecule has 0 aliphatic heterocycles. The predicted octanol–water partition coefficient (Wildman–Crippen LogP) is 11.0. The minimum absolute atomic E-state index is 0.0583. The first-order chi connectivity index (χ1) is 24.4. The van der Waals surface area contributed by atoms with Crippen LogP contribution >= 0.6 is 7.14 Å². The van der Waals surface area contributed by atoms with Gasteiger partial charge >= 0.3 is 0 Å². The number of benzene rings is 6. The van der Waals surface area contributed by atoms with Gasteiger partial charge < -0.3 is 4.57 Å². The smallest absolute Gasteiger partial charge is 0.150 e. The summed E-state index contributed by atoms with van der Waals surface area (Å²) >= 11 is 0. The van der Waals surface area contributed by atoms with Crippen LogP contribution in [0.25, 0.3) is 60.6 Å². The molecule has 0 amide bonds. The first kappa shape index (κ1) is 29.4. The number of allylic oxidation sites excluding steroid dienone is 4. The lowest BCUT2D eigenvalue weighted by atomic mass is 9.81. The molecule has 2 atom stereocenters. The SMILES string of the molecule is CC1(C)c2cc(-c3ccc4c(c3)c3ccccc3n3c5ccccc5nc43)ccc2-c2ccc(P(=O)(c3ccccc3)C3C=CC=CC3)cc21. The fourth-order valence-corrected chi connectivity index (χ4v) is 11.7. The van der Waals surface area contributed by atoms with E-state index in [0.29, 0.717) is 0 Å². The van der Waals surface area contributed by atoms with Gasteiger partial charge in [-0.25, -0.2) is 4.98 Å². The second kappa shape index (κ2) is 10.7. The lowest BCUT2D eigenvalue weighted by molar-refractivity contribution is 0.582. The Morgan fingerprint density at radius 1 is 0.640 bits per heavy atom. The molecule has 0 spiro atoms. The molecule has 0 fully saturated rings. The number of para-hydroxylation sites is 3. The van der Waals surface area contributed by atoms with Crippen molar-refractivity contribution >= 4 is 56.1 Å². The number of rotatable bonds is 4. The van der Waals surface area contributed by atoms with Crippen LogP contribution < -0.4 is 10.6 Å². The van der Waals surface area contributed by atoms with Crippen LogP contribution in [0.3, 0.4) is 0 Å². The quantitative estimate of drug-likeness (QED) is 0.139. The molecule has 2 aliphatic carbocycles. The van der Waals surface area contributed by atoms with Gasteiger partial charge in [0.05, 0.1) is 16.6 Å². The predicted molar refractivity (Wildman–Crippen MR) is 211 cm³/mol. The maximum absolute atomic E-state index is 15.3. The van der Waals surface area contributed by atoms with E-state index >= 15 is 4.57 Å². The first-order valence-corrected chi connectivity index (χ1v) is 19.2. The van der Waals surface area contributed by atoms with Crippen LogP contribution in [-0.2, 0) is 9.98 Å². The van der Waals surface area contributed by atoms with Crippen molar-refractivity contribution < 1.29 is 4.57 Å². The summed E-state index contributed by atoms with van der Waals surface area (Å²) in [5, 5.41) is 5.43. The Kier molecular flexibility index (Phi) is 6.32. The first-order valence-electron chi connectivity index (χ1n) is 17.4. The third-order valence-corrected chi connectivity index (χ3v) is 14.6. The Balaban J connectivity index is 1.10. The van der Waals surface area contributed by atoms with Crippen LogP contribution in [0.15, 0.2) is 158 Å². The Labute approximate surface area is 291 Å². The van der Waals surface area contributed by atoms with E-state index in [4.69, 9.17) is 4.98 Å². The molecule has 4 heteroatoms. The standard InChI is InChI=1S/C46H35N2OP/c1-46(2)40-28-31(30-22-25-38-39(27-30)37-17-9-11-19-43(37)48-44-20-12-10-18-42(44)47-45(38)48)21-24-35(40)36-26-23-34(29-41(36)46)50(49,32-13-5-3-6-14-32)33-15-7-4-8-16-33/h3-15,17-29,33H,16H2,1-2H3. The van der Waals surface area contributed by atoms with E-state index in [9.17, 15) is 0 Å². The summed E-state index contributed by atoms with van der Waals surface area (Å²) in [5.41, 5.74) is 11.4. The van der Waals surface area contributed by atoms with Crippen LogP contribution in [0.4, 0.5) is 0 Å². The lowest BCUT2D eigenvalue weighted by Crippen LogP contribution is -2.26. The number of imidazole rings is 1. The van der Waals surface area contributed by atoms with Crippen LogP contribution in [0, 0.1) is 0 Å². The number of pyridine rings is 1. The van der Waals surface area contributed by atoms with Crippen LogP contribution in [0.1, 0.15) is 31.4 Å². The van der Waals surface area contributed by atoms with Gasteiger partial charge in [-0.05, 0) is 87.7 Å². The minimum atomic E-state index is -2.96. The summed E-state index contributed by atoms with van der Waals surface area (Å²) < 4.78 is 17.6. The summed E-state index contributed by atoms with van der Waals surface area (Å²) in [5.74, 6) is 0. The Hall–Kier alpha value is -5.50. The molecule has 2 heterocycles. The molecule has 50 heavy (non-hydrogen) atoms. The topological polar surface area (TPSA) is 34.4 Å². The fourth-order valence-electron chi connectivity index (χ4n) is 8.62. The van der Waals surface area contributed by atoms with Crippen LogP contribution in [0.2, 0.25) is 0 Å². The molecule has 0 saturated heterocycles. The monoisotopic (exact) mass is 662 g/mol. The maximum Gasteiger partial charge on any atom is 0.150 e. The summed E-state index contributed by atoms with van der Waals surface area (Å²) in [6.45, 7) is 4.63. The molecule has 2 aliphatic rings. The molecule has 0 N–H and O–H groups in total. The van der Waals surface area contributed by atoms with Gasteiger partial charge in [-0.15, -0.1) is 0 Å². The third kappa shape index (κ3) is 4.11. The van der Waals surface area contributed by atoms with Crippen molar-refractivity contribution in [2.24, 2.45) is 0 Å². The Bertz CT molecular complexity index is 2800. The second-order valence-electron chi connectivity index (χ2n) is 14.3. The van der Waals surface area contributed by atoms with Crippen molar-refractivity contribution in [2.45, 2.75) is 31.3 Å². The number of aromatic nitrogens is 2. The van der Waals surface area contributed by atoms with Crippen molar-refractivity contribution in [2.75, 3.05) is 0 Å². The molecule has 2 unspecified atom stereocenters. The highest BCUT2D eigenvalue weighted by molar-refractivity contribution is 7.79. The highest BCUT2D eigenvalue weighted by Crippen LogP contribution is 2.55. The lowest BCUT2D eigenvalue weighted by Gasteiger charge is -2.29. The summed E-state index contributed by atoms with van der Waals surface area (Å²) in [4.78, 5) is 5.09. The zero-order chi connectivity index (χ0) is 33.6. The number of nitrogens with zero attached hydrogens (tertiary/aromatic N) is 2. The largest absolute Gasteiger partial charge is 0.313 e. The van der Waals surface area contributed by atoms with Crippen molar-refractivity contribution in [3.8, 4) is 22.3 Å². The Morgan fingerprint density at radius 3 is 2.16 bits per heavy atom. The van der Waals surface area contributed by atoms with E-state index in [2.05, 4.69) is 140 Å². The average molecular weight is 663 g/mol. The number of hydrogen-bond donors (Lipinski definition) is 0. The van der Waals surface area contributed by atoms with Gasteiger partial charge in [-0.2, -0.15) is 0 Å². The normalized spacial score (nSPS) is 17.4. The van der Waals surface area contributed by atoms with Gasteiger partial charge in [0.1, 0.15) is 12.8 Å². The fraction of sp³-hybridized carbons (Fsp3) is 0.109. The van der Waals surface area contributed by atoms with Crippen molar-refractivity contribution in [1.29, 1.82) is 0 Å². The summed E-state index contributed by atoms with van der Waals surface area (Å²) in [6, 6.07) is 47.5. The van der Waals surface area contributed by atoms with E-state index in [1.807, 2.05) is 36.4 Å². The molecule has 8 aromatic rings. The molecule has 3 nitrogen and oxygen atoms in total. The van der Waals surface area contributed by atoms with Crippen molar-refractivity contribution in [3.63, 3.8) is 0 Å². The molecular formula is C46H35N2OP. The van der Waals surface area contributed by atoms with E-state index < -0.39 is 7.14 Å². The molecule has 10 rings (SSSR count).